The summed E-state index contributed by atoms with van der Waals surface area (Å²) in [6, 6.07) is 5.09. The van der Waals surface area contributed by atoms with Gasteiger partial charge in [-0.25, -0.2) is 0 Å². The molecule has 0 saturated carbocycles. The molecule has 0 amide bonds. The van der Waals surface area contributed by atoms with E-state index in [1.54, 1.807) is 18.2 Å². The van der Waals surface area contributed by atoms with Gasteiger partial charge in [-0.15, -0.1) is 0 Å². The Morgan fingerprint density at radius 2 is 2.31 bits per heavy atom. The van der Waals surface area contributed by atoms with E-state index in [4.69, 9.17) is 4.84 Å². The Morgan fingerprint density at radius 1 is 1.50 bits per heavy atom. The predicted molar refractivity (Wildman–Crippen MR) is 67.4 cm³/mol. The Bertz CT molecular complexity index is 432. The molecule has 1 rings (SSSR count). The zero-order valence-electron chi connectivity index (χ0n) is 8.90. The molecule has 0 saturated heterocycles. The minimum absolute atomic E-state index is 0.162. The second kappa shape index (κ2) is 6.91. The maximum absolute atomic E-state index is 9.48. The highest BCUT2D eigenvalue weighted by Crippen LogP contribution is 2.19. The first kappa shape index (κ1) is 12.6. The van der Waals surface area contributed by atoms with Gasteiger partial charge in [0.15, 0.2) is 6.61 Å². The third kappa shape index (κ3) is 4.37. The predicted octanol–water partition coefficient (Wildman–Crippen LogP) is 2.92. The fourth-order valence-electron chi connectivity index (χ4n) is 0.968. The number of nitrogens with zero attached hydrogens (tertiary/aromatic N) is 1. The minimum Gasteiger partial charge on any atom is -0.507 e. The fourth-order valence-corrected chi connectivity index (χ4v) is 1.35. The lowest BCUT2D eigenvalue weighted by atomic mass is 10.2. The molecule has 0 bridgehead atoms. The van der Waals surface area contributed by atoms with Crippen LogP contribution in [0.25, 0.3) is 0 Å². The quantitative estimate of drug-likeness (QED) is 0.401. The van der Waals surface area contributed by atoms with Crippen molar-refractivity contribution < 1.29 is 9.94 Å². The molecule has 0 radical (unpaired) electrons. The van der Waals surface area contributed by atoms with Crippen LogP contribution >= 0.6 is 15.9 Å². The highest BCUT2D eigenvalue weighted by Gasteiger charge is 1.98. The Labute approximate surface area is 103 Å². The third-order valence-electron chi connectivity index (χ3n) is 1.69. The summed E-state index contributed by atoms with van der Waals surface area (Å²) in [7, 11) is 0. The highest BCUT2D eigenvalue weighted by atomic mass is 79.9. The van der Waals surface area contributed by atoms with Crippen LogP contribution in [0, 0.1) is 11.8 Å². The molecule has 0 aliphatic heterocycles. The van der Waals surface area contributed by atoms with E-state index in [2.05, 4.69) is 32.9 Å². The molecular weight excluding hydrogens is 270 g/mol. The second-order valence-corrected chi connectivity index (χ2v) is 3.83. The highest BCUT2D eigenvalue weighted by molar-refractivity contribution is 9.10. The molecule has 1 aromatic carbocycles. The lowest BCUT2D eigenvalue weighted by molar-refractivity contribution is 0.181. The van der Waals surface area contributed by atoms with Gasteiger partial charge < -0.3 is 9.94 Å². The Morgan fingerprint density at radius 3 is 3.06 bits per heavy atom. The van der Waals surface area contributed by atoms with Gasteiger partial charge in [-0.05, 0) is 18.2 Å². The lowest BCUT2D eigenvalue weighted by Gasteiger charge is -1.98. The number of phenols is 1. The summed E-state index contributed by atoms with van der Waals surface area (Å²) < 4.78 is 0.873. The van der Waals surface area contributed by atoms with Gasteiger partial charge in [0.1, 0.15) is 5.75 Å². The summed E-state index contributed by atoms with van der Waals surface area (Å²) in [4.78, 5) is 4.90. The first-order chi connectivity index (χ1) is 7.74. The molecule has 0 heterocycles. The Balaban J connectivity index is 2.52. The standard InChI is InChI=1S/C12H12BrNO2/c1-2-3-4-7-16-14-9-10-8-11(13)5-6-12(10)15/h5-6,8-9,15H,2,7H2,1H3/b14-9+. The van der Waals surface area contributed by atoms with Gasteiger partial charge in [-0.3, -0.25) is 0 Å². The van der Waals surface area contributed by atoms with Crippen molar-refractivity contribution >= 4 is 22.1 Å². The van der Waals surface area contributed by atoms with Crippen molar-refractivity contribution in [3.8, 4) is 17.6 Å². The number of halogens is 1. The molecule has 1 aromatic rings. The number of benzene rings is 1. The first-order valence-electron chi connectivity index (χ1n) is 4.83. The third-order valence-corrected chi connectivity index (χ3v) is 2.19. The van der Waals surface area contributed by atoms with Crippen molar-refractivity contribution in [3.05, 3.63) is 28.2 Å². The minimum atomic E-state index is 0.162. The topological polar surface area (TPSA) is 41.8 Å². The maximum atomic E-state index is 9.48. The van der Waals surface area contributed by atoms with Crippen LogP contribution < -0.4 is 0 Å². The van der Waals surface area contributed by atoms with Gasteiger partial charge in [-0.2, -0.15) is 0 Å². The number of rotatable bonds is 3. The molecule has 0 atom stereocenters. The number of aromatic hydroxyl groups is 1. The van der Waals surface area contributed by atoms with E-state index < -0.39 is 0 Å². The van der Waals surface area contributed by atoms with Crippen molar-refractivity contribution in [2.24, 2.45) is 5.16 Å². The number of oxime groups is 1. The van der Waals surface area contributed by atoms with Crippen LogP contribution in [0.1, 0.15) is 18.9 Å². The van der Waals surface area contributed by atoms with Gasteiger partial charge in [0.2, 0.25) is 0 Å². The molecule has 0 spiro atoms. The van der Waals surface area contributed by atoms with E-state index in [1.165, 1.54) is 6.21 Å². The summed E-state index contributed by atoms with van der Waals surface area (Å²) in [5, 5.41) is 13.2. The normalized spacial score (nSPS) is 9.88. The summed E-state index contributed by atoms with van der Waals surface area (Å²) >= 11 is 3.30. The van der Waals surface area contributed by atoms with Gasteiger partial charge in [0.25, 0.3) is 0 Å². The van der Waals surface area contributed by atoms with E-state index in [-0.39, 0.29) is 12.4 Å². The van der Waals surface area contributed by atoms with Gasteiger partial charge in [0.05, 0.1) is 6.21 Å². The monoisotopic (exact) mass is 281 g/mol. The number of hydrogen-bond acceptors (Lipinski definition) is 3. The zero-order valence-corrected chi connectivity index (χ0v) is 10.5. The van der Waals surface area contributed by atoms with Crippen LogP contribution in [-0.4, -0.2) is 17.9 Å². The molecule has 1 N–H and O–H groups in total. The van der Waals surface area contributed by atoms with Gasteiger partial charge in [0, 0.05) is 16.5 Å². The van der Waals surface area contributed by atoms with Crippen molar-refractivity contribution in [1.82, 2.24) is 0 Å². The van der Waals surface area contributed by atoms with Crippen molar-refractivity contribution in [1.29, 1.82) is 0 Å². The average Bonchev–Trinajstić information content (AvgIpc) is 2.28. The van der Waals surface area contributed by atoms with Crippen LogP contribution in [0.2, 0.25) is 0 Å². The average molecular weight is 282 g/mol. The van der Waals surface area contributed by atoms with E-state index in [0.717, 1.165) is 10.9 Å². The van der Waals surface area contributed by atoms with Crippen LogP contribution in [0.4, 0.5) is 0 Å². The summed E-state index contributed by atoms with van der Waals surface area (Å²) in [6.45, 7) is 2.23. The zero-order chi connectivity index (χ0) is 11.8. The van der Waals surface area contributed by atoms with Crippen molar-refractivity contribution in [3.63, 3.8) is 0 Å². The van der Waals surface area contributed by atoms with E-state index in [1.807, 2.05) is 6.92 Å². The van der Waals surface area contributed by atoms with Crippen LogP contribution in [0.3, 0.4) is 0 Å². The summed E-state index contributed by atoms with van der Waals surface area (Å²) in [5.74, 6) is 5.81. The van der Waals surface area contributed by atoms with Crippen LogP contribution in [-0.2, 0) is 4.84 Å². The smallest absolute Gasteiger partial charge is 0.177 e. The summed E-state index contributed by atoms with van der Waals surface area (Å²) in [6.07, 6.45) is 2.26. The molecule has 84 valence electrons. The molecule has 16 heavy (non-hydrogen) atoms. The van der Waals surface area contributed by atoms with Crippen LogP contribution in [0.5, 0.6) is 5.75 Å². The molecule has 0 fully saturated rings. The van der Waals surface area contributed by atoms with Crippen molar-refractivity contribution in [2.75, 3.05) is 6.61 Å². The fraction of sp³-hybridized carbons (Fsp3) is 0.250. The number of hydrogen-bond donors (Lipinski definition) is 1. The van der Waals surface area contributed by atoms with Crippen molar-refractivity contribution in [2.45, 2.75) is 13.3 Å². The largest absolute Gasteiger partial charge is 0.507 e. The maximum Gasteiger partial charge on any atom is 0.177 e. The molecule has 4 heteroatoms. The van der Waals surface area contributed by atoms with Gasteiger partial charge in [-0.1, -0.05) is 39.9 Å². The molecule has 3 nitrogen and oxygen atoms in total. The molecular formula is C12H12BrNO2. The molecule has 0 aliphatic rings. The lowest BCUT2D eigenvalue weighted by Crippen LogP contribution is -1.87. The number of phenolic OH excluding ortho intramolecular Hbond substituents is 1. The van der Waals surface area contributed by atoms with E-state index >= 15 is 0 Å². The summed E-state index contributed by atoms with van der Waals surface area (Å²) in [5.41, 5.74) is 0.595. The SMILES string of the molecule is CCC#CCO/N=C/c1cc(Br)ccc1O. The second-order valence-electron chi connectivity index (χ2n) is 2.92. The first-order valence-corrected chi connectivity index (χ1v) is 5.63. The van der Waals surface area contributed by atoms with E-state index in [0.29, 0.717) is 5.56 Å². The molecule has 0 unspecified atom stereocenters. The molecule has 0 aromatic heterocycles. The molecule has 0 aliphatic carbocycles. The van der Waals surface area contributed by atoms with Crippen LogP contribution in [0.15, 0.2) is 27.8 Å². The van der Waals surface area contributed by atoms with Gasteiger partial charge >= 0.3 is 0 Å². The Hall–Kier alpha value is -1.47. The van der Waals surface area contributed by atoms with E-state index in [9.17, 15) is 5.11 Å². The Kier molecular flexibility index (Phi) is 5.44.